The van der Waals surface area contributed by atoms with Gasteiger partial charge in [0.15, 0.2) is 0 Å². The Morgan fingerprint density at radius 1 is 1.04 bits per heavy atom. The summed E-state index contributed by atoms with van der Waals surface area (Å²) in [6.45, 7) is 2.85. The molecule has 140 valence electrons. The maximum absolute atomic E-state index is 13.3. The first-order chi connectivity index (χ1) is 13.6. The second-order valence-electron chi connectivity index (χ2n) is 6.49. The van der Waals surface area contributed by atoms with Crippen molar-refractivity contribution >= 4 is 34.1 Å². The van der Waals surface area contributed by atoms with E-state index in [1.54, 1.807) is 36.4 Å². The predicted octanol–water partition coefficient (Wildman–Crippen LogP) is 6.37. The Bertz CT molecular complexity index is 1170. The van der Waals surface area contributed by atoms with Crippen molar-refractivity contribution in [3.05, 3.63) is 89.2 Å². The van der Waals surface area contributed by atoms with Crippen molar-refractivity contribution in [1.29, 1.82) is 0 Å². The van der Waals surface area contributed by atoms with Crippen LogP contribution in [0.4, 0.5) is 10.1 Å². The number of nitrogens with one attached hydrogen (secondary N) is 1. The fourth-order valence-corrected chi connectivity index (χ4v) is 3.61. The van der Waals surface area contributed by atoms with Crippen LogP contribution in [0.3, 0.4) is 0 Å². The fourth-order valence-electron chi connectivity index (χ4n) is 3.39. The second kappa shape index (κ2) is 7.49. The normalized spacial score (nSPS) is 11.0. The van der Waals surface area contributed by atoms with E-state index < -0.39 is 0 Å². The lowest BCUT2D eigenvalue weighted by molar-refractivity contribution is 0.102. The molecule has 1 heterocycles. The maximum atomic E-state index is 13.3. The highest BCUT2D eigenvalue weighted by Crippen LogP contribution is 2.30. The van der Waals surface area contributed by atoms with Crippen molar-refractivity contribution in [3.8, 4) is 11.3 Å². The molecule has 0 aliphatic heterocycles. The van der Waals surface area contributed by atoms with Gasteiger partial charge in [0.25, 0.3) is 5.91 Å². The zero-order valence-corrected chi connectivity index (χ0v) is 16.0. The number of hydrogen-bond acceptors (Lipinski definition) is 1. The summed E-state index contributed by atoms with van der Waals surface area (Å²) in [5, 5.41) is 4.31. The van der Waals surface area contributed by atoms with Gasteiger partial charge in [0.05, 0.1) is 10.6 Å². The van der Waals surface area contributed by atoms with Gasteiger partial charge < -0.3 is 9.88 Å². The van der Waals surface area contributed by atoms with Gasteiger partial charge in [-0.3, -0.25) is 4.79 Å². The smallest absolute Gasteiger partial charge is 0.257 e. The highest BCUT2D eigenvalue weighted by Gasteiger charge is 2.13. The average Bonchev–Trinajstić information content (AvgIpc) is 3.06. The maximum Gasteiger partial charge on any atom is 0.257 e. The number of amides is 1. The molecular weight excluding hydrogens is 375 g/mol. The molecule has 0 bridgehead atoms. The Morgan fingerprint density at radius 2 is 1.79 bits per heavy atom. The van der Waals surface area contributed by atoms with Crippen LogP contribution in [0.5, 0.6) is 0 Å². The molecule has 1 aromatic heterocycles. The molecular formula is C23H18ClFN2O. The Kier molecular flexibility index (Phi) is 4.88. The Labute approximate surface area is 167 Å². The van der Waals surface area contributed by atoms with E-state index >= 15 is 0 Å². The third-order valence-corrected chi connectivity index (χ3v) is 5.06. The summed E-state index contributed by atoms with van der Waals surface area (Å²) in [6, 6.07) is 21.3. The monoisotopic (exact) mass is 392 g/mol. The van der Waals surface area contributed by atoms with Crippen LogP contribution in [-0.4, -0.2) is 10.5 Å². The zero-order chi connectivity index (χ0) is 19.7. The van der Waals surface area contributed by atoms with Crippen molar-refractivity contribution in [2.45, 2.75) is 13.5 Å². The molecule has 4 rings (SSSR count). The van der Waals surface area contributed by atoms with Gasteiger partial charge in [-0.2, -0.15) is 0 Å². The van der Waals surface area contributed by atoms with Crippen LogP contribution in [0.25, 0.3) is 22.2 Å². The first-order valence-corrected chi connectivity index (χ1v) is 9.39. The highest BCUT2D eigenvalue weighted by atomic mass is 35.5. The second-order valence-corrected chi connectivity index (χ2v) is 6.90. The van der Waals surface area contributed by atoms with E-state index in [-0.39, 0.29) is 11.7 Å². The van der Waals surface area contributed by atoms with Crippen LogP contribution in [0.15, 0.2) is 72.8 Å². The number of halogens is 2. The van der Waals surface area contributed by atoms with E-state index in [1.807, 2.05) is 18.2 Å². The van der Waals surface area contributed by atoms with Crippen LogP contribution in [0.1, 0.15) is 17.3 Å². The first kappa shape index (κ1) is 18.3. The molecule has 0 saturated carbocycles. The van der Waals surface area contributed by atoms with Gasteiger partial charge in [-0.25, -0.2) is 4.39 Å². The van der Waals surface area contributed by atoms with Crippen LogP contribution < -0.4 is 5.32 Å². The van der Waals surface area contributed by atoms with Crippen molar-refractivity contribution in [2.24, 2.45) is 0 Å². The van der Waals surface area contributed by atoms with Crippen LogP contribution >= 0.6 is 11.6 Å². The minimum Gasteiger partial charge on any atom is -0.341 e. The Balaban J connectivity index is 1.70. The number of benzene rings is 3. The van der Waals surface area contributed by atoms with Gasteiger partial charge in [0.2, 0.25) is 0 Å². The zero-order valence-electron chi connectivity index (χ0n) is 15.2. The van der Waals surface area contributed by atoms with Gasteiger partial charge >= 0.3 is 0 Å². The lowest BCUT2D eigenvalue weighted by Gasteiger charge is -2.09. The number of carbonyl (C=O) groups is 1. The molecule has 1 amide bonds. The number of aryl methyl sites for hydroxylation is 1. The summed E-state index contributed by atoms with van der Waals surface area (Å²) in [4.78, 5) is 12.5. The van der Waals surface area contributed by atoms with Gasteiger partial charge in [-0.15, -0.1) is 0 Å². The van der Waals surface area contributed by atoms with Crippen molar-refractivity contribution in [1.82, 2.24) is 4.57 Å². The summed E-state index contributed by atoms with van der Waals surface area (Å²) < 4.78 is 15.4. The summed E-state index contributed by atoms with van der Waals surface area (Å²) >= 11 is 6.11. The minimum atomic E-state index is -0.257. The molecule has 0 unspecified atom stereocenters. The number of aromatic nitrogens is 1. The molecule has 0 spiro atoms. The van der Waals surface area contributed by atoms with E-state index in [0.717, 1.165) is 28.7 Å². The molecule has 0 aliphatic rings. The largest absolute Gasteiger partial charge is 0.341 e. The molecule has 0 saturated heterocycles. The van der Waals surface area contributed by atoms with E-state index in [1.165, 1.54) is 12.1 Å². The van der Waals surface area contributed by atoms with Crippen molar-refractivity contribution < 1.29 is 9.18 Å². The third-order valence-electron chi connectivity index (χ3n) is 4.73. The molecule has 1 N–H and O–H groups in total. The summed E-state index contributed by atoms with van der Waals surface area (Å²) in [7, 11) is 0. The molecule has 28 heavy (non-hydrogen) atoms. The van der Waals surface area contributed by atoms with Crippen molar-refractivity contribution in [2.75, 3.05) is 5.32 Å². The lowest BCUT2D eigenvalue weighted by atomic mass is 10.1. The third kappa shape index (κ3) is 3.39. The van der Waals surface area contributed by atoms with E-state index in [0.29, 0.717) is 16.3 Å². The van der Waals surface area contributed by atoms with E-state index in [4.69, 9.17) is 11.6 Å². The number of anilines is 1. The quantitative estimate of drug-likeness (QED) is 0.430. The Morgan fingerprint density at radius 3 is 2.50 bits per heavy atom. The molecule has 4 aromatic rings. The van der Waals surface area contributed by atoms with Crippen LogP contribution in [-0.2, 0) is 6.54 Å². The minimum absolute atomic E-state index is 0.251. The summed E-state index contributed by atoms with van der Waals surface area (Å²) in [5.41, 5.74) is 4.13. The molecule has 0 fully saturated rings. The predicted molar refractivity (Wildman–Crippen MR) is 112 cm³/mol. The van der Waals surface area contributed by atoms with Gasteiger partial charge in [-0.1, -0.05) is 23.7 Å². The van der Waals surface area contributed by atoms with Gasteiger partial charge in [-0.05, 0) is 73.2 Å². The fraction of sp³-hybridized carbons (Fsp3) is 0.0870. The molecule has 0 aliphatic carbocycles. The number of nitrogens with zero attached hydrogens (tertiary/aromatic N) is 1. The molecule has 0 radical (unpaired) electrons. The SMILES string of the molecule is CCn1c(-c2ccc(F)cc2)cc2cc(NC(=O)c3ccccc3Cl)ccc21. The molecule has 3 nitrogen and oxygen atoms in total. The van der Waals surface area contributed by atoms with Crippen LogP contribution in [0, 0.1) is 5.82 Å². The average molecular weight is 393 g/mol. The van der Waals surface area contributed by atoms with Gasteiger partial charge in [0, 0.05) is 28.8 Å². The van der Waals surface area contributed by atoms with Crippen LogP contribution in [0.2, 0.25) is 5.02 Å². The topological polar surface area (TPSA) is 34.0 Å². The number of rotatable bonds is 4. The lowest BCUT2D eigenvalue weighted by Crippen LogP contribution is -2.12. The van der Waals surface area contributed by atoms with E-state index in [2.05, 4.69) is 22.9 Å². The number of carbonyl (C=O) groups excluding carboxylic acids is 1. The molecule has 3 aromatic carbocycles. The molecule has 0 atom stereocenters. The van der Waals surface area contributed by atoms with E-state index in [9.17, 15) is 9.18 Å². The highest BCUT2D eigenvalue weighted by molar-refractivity contribution is 6.34. The first-order valence-electron chi connectivity index (χ1n) is 9.02. The Hall–Kier alpha value is -3.11. The number of hydrogen-bond donors (Lipinski definition) is 1. The van der Waals surface area contributed by atoms with Gasteiger partial charge in [0.1, 0.15) is 5.82 Å². The molecule has 5 heteroatoms. The number of fused-ring (bicyclic) bond motifs is 1. The summed E-state index contributed by atoms with van der Waals surface area (Å²) in [5.74, 6) is -0.508. The summed E-state index contributed by atoms with van der Waals surface area (Å²) in [6.07, 6.45) is 0. The standard InChI is InChI=1S/C23H18ClFN2O/c1-2-27-21-12-11-18(26-23(28)19-5-3-4-6-20(19)24)13-16(21)14-22(27)15-7-9-17(25)10-8-15/h3-14H,2H2,1H3,(H,26,28). The van der Waals surface area contributed by atoms with Crippen molar-refractivity contribution in [3.63, 3.8) is 0 Å².